The summed E-state index contributed by atoms with van der Waals surface area (Å²) in [5, 5.41) is 3.98. The van der Waals surface area contributed by atoms with Crippen LogP contribution in [0.3, 0.4) is 0 Å². The molecule has 0 saturated carbocycles. The lowest BCUT2D eigenvalue weighted by Crippen LogP contribution is -2.29. The van der Waals surface area contributed by atoms with E-state index in [0.717, 1.165) is 0 Å². The normalized spacial score (nSPS) is 10.9. The summed E-state index contributed by atoms with van der Waals surface area (Å²) in [4.78, 5) is 26.2. The van der Waals surface area contributed by atoms with E-state index in [1.807, 2.05) is 19.9 Å². The Morgan fingerprint density at radius 1 is 1.00 bits per heavy atom. The molecule has 7 heteroatoms. The predicted molar refractivity (Wildman–Crippen MR) is 116 cm³/mol. The monoisotopic (exact) mass is 410 g/mol. The molecule has 3 aromatic rings. The van der Waals surface area contributed by atoms with Crippen LogP contribution in [0.5, 0.6) is 17.2 Å². The maximum absolute atomic E-state index is 13.2. The summed E-state index contributed by atoms with van der Waals surface area (Å²) in [5.74, 6) is 1.32. The zero-order valence-electron chi connectivity index (χ0n) is 17.8. The van der Waals surface area contributed by atoms with Crippen molar-refractivity contribution in [3.63, 3.8) is 0 Å². The van der Waals surface area contributed by atoms with Crippen molar-refractivity contribution < 1.29 is 19.0 Å². The van der Waals surface area contributed by atoms with Gasteiger partial charge in [0.1, 0.15) is 0 Å². The first-order valence-corrected chi connectivity index (χ1v) is 9.64. The van der Waals surface area contributed by atoms with E-state index >= 15 is 0 Å². The van der Waals surface area contributed by atoms with E-state index in [2.05, 4.69) is 5.32 Å². The van der Waals surface area contributed by atoms with Crippen LogP contribution < -0.4 is 25.1 Å². The van der Waals surface area contributed by atoms with Gasteiger partial charge in [-0.05, 0) is 12.0 Å². The zero-order valence-corrected chi connectivity index (χ0v) is 17.8. The lowest BCUT2D eigenvalue weighted by Gasteiger charge is -2.17. The van der Waals surface area contributed by atoms with Crippen molar-refractivity contribution in [1.82, 2.24) is 9.88 Å². The summed E-state index contributed by atoms with van der Waals surface area (Å²) in [5.41, 5.74) is 0.665. The summed E-state index contributed by atoms with van der Waals surface area (Å²) in [6.45, 7) is 4.58. The second-order valence-electron chi connectivity index (χ2n) is 7.25. The van der Waals surface area contributed by atoms with Gasteiger partial charge in [0.25, 0.3) is 11.5 Å². The number of aromatic nitrogens is 1. The van der Waals surface area contributed by atoms with Crippen molar-refractivity contribution in [2.75, 3.05) is 27.9 Å². The van der Waals surface area contributed by atoms with Gasteiger partial charge in [-0.1, -0.05) is 32.0 Å². The molecule has 3 rings (SSSR count). The highest BCUT2D eigenvalue weighted by molar-refractivity contribution is 6.06. The van der Waals surface area contributed by atoms with Crippen molar-refractivity contribution in [3.05, 3.63) is 58.5 Å². The number of amides is 1. The van der Waals surface area contributed by atoms with E-state index in [9.17, 15) is 9.59 Å². The van der Waals surface area contributed by atoms with Gasteiger partial charge in [0, 0.05) is 35.6 Å². The molecule has 2 aromatic carbocycles. The Labute approximate surface area is 175 Å². The van der Waals surface area contributed by atoms with Crippen molar-refractivity contribution in [3.8, 4) is 22.9 Å². The topological polar surface area (TPSA) is 78.8 Å². The fourth-order valence-electron chi connectivity index (χ4n) is 3.26. The maximum Gasteiger partial charge on any atom is 0.263 e. The third-order valence-corrected chi connectivity index (χ3v) is 4.77. The molecule has 0 radical (unpaired) electrons. The standard InChI is InChI=1S/C23H26N2O5/c1-14(2)12-24-22(26)18-13-25(23(27)17-9-7-6-8-16(17)18)15-10-19(28-3)21(30-5)20(11-15)29-4/h6-11,13-14H,12H2,1-5H3,(H,24,26). The first kappa shape index (κ1) is 21.2. The number of nitrogens with one attached hydrogen (secondary N) is 1. The van der Waals surface area contributed by atoms with Gasteiger partial charge in [0.2, 0.25) is 5.75 Å². The largest absolute Gasteiger partial charge is 0.493 e. The summed E-state index contributed by atoms with van der Waals surface area (Å²) in [6, 6.07) is 10.4. The smallest absolute Gasteiger partial charge is 0.263 e. The minimum atomic E-state index is -0.250. The van der Waals surface area contributed by atoms with Crippen LogP contribution in [0.1, 0.15) is 24.2 Å². The Hall–Kier alpha value is -3.48. The van der Waals surface area contributed by atoms with Crippen molar-refractivity contribution in [1.29, 1.82) is 0 Å². The average molecular weight is 410 g/mol. The number of ether oxygens (including phenoxy) is 3. The molecule has 0 fully saturated rings. The maximum atomic E-state index is 13.2. The highest BCUT2D eigenvalue weighted by Gasteiger charge is 2.19. The number of methoxy groups -OCH3 is 3. The number of hydrogen-bond acceptors (Lipinski definition) is 5. The average Bonchev–Trinajstić information content (AvgIpc) is 2.76. The number of pyridine rings is 1. The number of rotatable bonds is 7. The molecular formula is C23H26N2O5. The minimum Gasteiger partial charge on any atom is -0.493 e. The van der Waals surface area contributed by atoms with Gasteiger partial charge in [-0.15, -0.1) is 0 Å². The summed E-state index contributed by atoms with van der Waals surface area (Å²) >= 11 is 0. The lowest BCUT2D eigenvalue weighted by atomic mass is 10.1. The Bertz CT molecular complexity index is 1110. The molecule has 0 saturated heterocycles. The Morgan fingerprint density at radius 3 is 2.13 bits per heavy atom. The van der Waals surface area contributed by atoms with E-state index < -0.39 is 0 Å². The molecule has 1 heterocycles. The van der Waals surface area contributed by atoms with Gasteiger partial charge in [-0.2, -0.15) is 0 Å². The molecule has 7 nitrogen and oxygen atoms in total. The molecule has 0 spiro atoms. The van der Waals surface area contributed by atoms with Gasteiger partial charge < -0.3 is 19.5 Å². The summed E-state index contributed by atoms with van der Waals surface area (Å²) in [7, 11) is 4.53. The van der Waals surface area contributed by atoms with Crippen LogP contribution in [-0.2, 0) is 0 Å². The fourth-order valence-corrected chi connectivity index (χ4v) is 3.26. The minimum absolute atomic E-state index is 0.235. The van der Waals surface area contributed by atoms with E-state index in [1.165, 1.54) is 25.9 Å². The SMILES string of the molecule is COc1cc(-n2cc(C(=O)NCC(C)C)c3ccccc3c2=O)cc(OC)c1OC. The molecular weight excluding hydrogens is 384 g/mol. The lowest BCUT2D eigenvalue weighted by molar-refractivity contribution is 0.0950. The molecule has 1 aromatic heterocycles. The molecule has 30 heavy (non-hydrogen) atoms. The molecule has 0 aliphatic heterocycles. The van der Waals surface area contributed by atoms with Crippen LogP contribution >= 0.6 is 0 Å². The number of hydrogen-bond donors (Lipinski definition) is 1. The molecule has 0 bridgehead atoms. The third-order valence-electron chi connectivity index (χ3n) is 4.77. The van der Waals surface area contributed by atoms with Crippen LogP contribution in [0.15, 0.2) is 47.4 Å². The summed E-state index contributed by atoms with van der Waals surface area (Å²) in [6.07, 6.45) is 1.56. The molecule has 0 aliphatic rings. The third kappa shape index (κ3) is 3.96. The van der Waals surface area contributed by atoms with Crippen molar-refractivity contribution >= 4 is 16.7 Å². The number of nitrogens with zero attached hydrogens (tertiary/aromatic N) is 1. The van der Waals surface area contributed by atoms with Gasteiger partial charge in [0.15, 0.2) is 11.5 Å². The van der Waals surface area contributed by atoms with Crippen LogP contribution in [0.2, 0.25) is 0 Å². The molecule has 1 N–H and O–H groups in total. The Kier molecular flexibility index (Phi) is 6.30. The second kappa shape index (κ2) is 8.90. The summed E-state index contributed by atoms with van der Waals surface area (Å²) < 4.78 is 17.6. The van der Waals surface area contributed by atoms with E-state index in [-0.39, 0.29) is 11.5 Å². The number of carbonyl (C=O) groups excluding carboxylic acids is 1. The Morgan fingerprint density at radius 2 is 1.60 bits per heavy atom. The van der Waals surface area contributed by atoms with Gasteiger partial charge in [0.05, 0.1) is 32.6 Å². The first-order valence-electron chi connectivity index (χ1n) is 9.64. The van der Waals surface area contributed by atoms with Crippen LogP contribution in [0.4, 0.5) is 0 Å². The Balaban J connectivity index is 2.26. The fraction of sp³-hybridized carbons (Fsp3) is 0.304. The number of carbonyl (C=O) groups is 1. The molecule has 0 aliphatic carbocycles. The van der Waals surface area contributed by atoms with E-state index in [1.54, 1.807) is 36.5 Å². The molecule has 1 amide bonds. The second-order valence-corrected chi connectivity index (χ2v) is 7.25. The van der Waals surface area contributed by atoms with Crippen LogP contribution in [-0.4, -0.2) is 38.3 Å². The molecule has 158 valence electrons. The van der Waals surface area contributed by atoms with Gasteiger partial charge >= 0.3 is 0 Å². The highest BCUT2D eigenvalue weighted by Crippen LogP contribution is 2.39. The van der Waals surface area contributed by atoms with E-state index in [4.69, 9.17) is 14.2 Å². The number of benzene rings is 2. The highest BCUT2D eigenvalue weighted by atomic mass is 16.5. The van der Waals surface area contributed by atoms with Crippen molar-refractivity contribution in [2.45, 2.75) is 13.8 Å². The molecule has 0 atom stereocenters. The van der Waals surface area contributed by atoms with Crippen molar-refractivity contribution in [2.24, 2.45) is 5.92 Å². The zero-order chi connectivity index (χ0) is 21.8. The van der Waals surface area contributed by atoms with Gasteiger partial charge in [-0.25, -0.2) is 0 Å². The number of fused-ring (bicyclic) bond motifs is 1. The van der Waals surface area contributed by atoms with Gasteiger partial charge in [-0.3, -0.25) is 14.2 Å². The van der Waals surface area contributed by atoms with Crippen LogP contribution in [0.25, 0.3) is 16.5 Å². The van der Waals surface area contributed by atoms with E-state index in [0.29, 0.717) is 51.7 Å². The quantitative estimate of drug-likeness (QED) is 0.646. The molecule has 0 unspecified atom stereocenters. The first-order chi connectivity index (χ1) is 14.4. The van der Waals surface area contributed by atoms with Crippen LogP contribution in [0, 0.1) is 5.92 Å². The predicted octanol–water partition coefficient (Wildman–Crippen LogP) is 3.40.